The first kappa shape index (κ1) is 103. The summed E-state index contributed by atoms with van der Waals surface area (Å²) in [5, 5.41) is 106. The lowest BCUT2D eigenvalue weighted by Gasteiger charge is -2.40. The molecule has 4 fully saturated rings. The molecule has 0 aromatic rings. The number of carbonyl (C=O) groups excluding carboxylic acids is 8. The van der Waals surface area contributed by atoms with Crippen molar-refractivity contribution in [2.75, 3.05) is 106 Å². The van der Waals surface area contributed by atoms with Crippen LogP contribution >= 0.6 is 0 Å². The van der Waals surface area contributed by atoms with E-state index in [1.54, 1.807) is 18.7 Å². The first-order chi connectivity index (χ1) is 55.0. The van der Waals surface area contributed by atoms with Crippen molar-refractivity contribution in [1.29, 1.82) is 0 Å². The van der Waals surface area contributed by atoms with Gasteiger partial charge in [-0.15, -0.1) is 0 Å². The Hall–Kier alpha value is -4.00. The van der Waals surface area contributed by atoms with Gasteiger partial charge in [0.2, 0.25) is 17.7 Å². The maximum Gasteiger partial charge on any atom is 0.222 e. The second-order valence-corrected chi connectivity index (χ2v) is 34.0. The molecule has 1 aliphatic carbocycles. The molecule has 3 aliphatic heterocycles. The number of likely N-dealkylation sites (tertiary alicyclic amines) is 1. The lowest BCUT2D eigenvalue weighted by atomic mass is 9.77. The van der Waals surface area contributed by atoms with Crippen molar-refractivity contribution in [1.82, 2.24) is 15.5 Å². The maximum atomic E-state index is 14.2. The molecule has 0 radical (unpaired) electrons. The van der Waals surface area contributed by atoms with Crippen LogP contribution in [0, 0.1) is 29.1 Å². The molecule has 30 nitrogen and oxygen atoms in total. The Morgan fingerprint density at radius 1 is 0.400 bits per heavy atom. The number of amides is 3. The van der Waals surface area contributed by atoms with E-state index in [0.717, 1.165) is 44.9 Å². The molecule has 4 aliphatic rings. The number of ketones is 5. The van der Waals surface area contributed by atoms with Crippen molar-refractivity contribution < 1.29 is 132 Å². The molecule has 16 unspecified atom stereocenters. The van der Waals surface area contributed by atoms with Crippen molar-refractivity contribution in [2.24, 2.45) is 29.1 Å². The van der Waals surface area contributed by atoms with Gasteiger partial charge >= 0.3 is 0 Å². The van der Waals surface area contributed by atoms with Gasteiger partial charge in [-0.2, -0.15) is 0 Å². The van der Waals surface area contributed by atoms with Gasteiger partial charge in [-0.05, 0) is 117 Å². The largest absolute Gasteiger partial charge is 0.396 e. The minimum absolute atomic E-state index is 0.00400. The minimum Gasteiger partial charge on any atom is -0.396 e. The van der Waals surface area contributed by atoms with Gasteiger partial charge in [-0.3, -0.25) is 38.4 Å². The highest BCUT2D eigenvalue weighted by atomic mass is 16.7. The zero-order valence-electron chi connectivity index (χ0n) is 70.4. The molecular weight excluding hydrogens is 1490 g/mol. The molecule has 0 bridgehead atoms. The summed E-state index contributed by atoms with van der Waals surface area (Å²) < 4.78 is 53.5. The molecule has 4 rings (SSSR count). The SMILES string of the molecule is CC1C(OCCCCC(=O)CCCCCC(=O)CCOCC(COCCC(=O)CCCCCC(=O)CCCCOC2OC(CO)C(O)C(O)C2C)(COCCC(=O)NCCCNC(=O)CCCCOC2OC(CO)C(O)C(O)C2C)CC(=O)CCCCCCCCCCC(=O)N2C[C@H](O)C[C@H]2COC(C)(C)C)CC(CO)C(O)C1O. The van der Waals surface area contributed by atoms with E-state index in [4.69, 9.17) is 42.6 Å². The summed E-state index contributed by atoms with van der Waals surface area (Å²) in [4.78, 5) is 107. The van der Waals surface area contributed by atoms with Crippen molar-refractivity contribution >= 4 is 46.6 Å². The molecule has 668 valence electrons. The number of rotatable bonds is 67. The van der Waals surface area contributed by atoms with Crippen molar-refractivity contribution in [3.05, 3.63) is 0 Å². The van der Waals surface area contributed by atoms with Gasteiger partial charge in [-0.25, -0.2) is 0 Å². The first-order valence-electron chi connectivity index (χ1n) is 43.6. The summed E-state index contributed by atoms with van der Waals surface area (Å²) in [6.45, 7) is 12.1. The fraction of sp³-hybridized carbons (Fsp3) is 0.906. The Kier molecular flexibility index (Phi) is 52.9. The Labute approximate surface area is 683 Å². The van der Waals surface area contributed by atoms with E-state index in [-0.39, 0.29) is 181 Å². The fourth-order valence-corrected chi connectivity index (χ4v) is 15.1. The molecule has 0 spiro atoms. The second kappa shape index (κ2) is 58.9. The van der Waals surface area contributed by atoms with E-state index in [2.05, 4.69) is 10.6 Å². The third-order valence-corrected chi connectivity index (χ3v) is 22.7. The number of aliphatic hydroxyl groups excluding tert-OH is 10. The molecule has 0 aromatic heterocycles. The number of nitrogens with one attached hydrogen (secondary N) is 2. The molecule has 30 heteroatoms. The second-order valence-electron chi connectivity index (χ2n) is 34.0. The van der Waals surface area contributed by atoms with Crippen LogP contribution in [-0.4, -0.2) is 293 Å². The van der Waals surface area contributed by atoms with Crippen LogP contribution < -0.4 is 10.6 Å². The number of aliphatic hydroxyl groups is 10. The Balaban J connectivity index is 1.28. The van der Waals surface area contributed by atoms with Crippen LogP contribution in [0.1, 0.15) is 273 Å². The molecule has 1 saturated carbocycles. The molecular formula is C85H151N3O27. The van der Waals surface area contributed by atoms with Crippen LogP contribution in [0.25, 0.3) is 0 Å². The quantitative estimate of drug-likeness (QED) is 0.0307. The molecule has 18 atom stereocenters. The van der Waals surface area contributed by atoms with Crippen molar-refractivity contribution in [3.8, 4) is 0 Å². The van der Waals surface area contributed by atoms with Gasteiger partial charge in [0.25, 0.3) is 0 Å². The average Bonchev–Trinajstić information content (AvgIpc) is 1.85. The number of β-amino-alcohol motifs (C(OH)–C–C–N with tert-alkyl or cyclic N) is 1. The van der Waals surface area contributed by atoms with Crippen LogP contribution in [0.2, 0.25) is 0 Å². The van der Waals surface area contributed by atoms with Gasteiger partial charge in [0.1, 0.15) is 53.3 Å². The van der Waals surface area contributed by atoms with E-state index < -0.39 is 104 Å². The Morgan fingerprint density at radius 3 is 1.23 bits per heavy atom. The predicted molar refractivity (Wildman–Crippen MR) is 427 cm³/mol. The number of carbonyl (C=O) groups is 8. The number of ether oxygens (including phenoxy) is 9. The molecule has 0 aromatic carbocycles. The molecule has 3 saturated heterocycles. The lowest BCUT2D eigenvalue weighted by molar-refractivity contribution is -0.282. The molecule has 12 N–H and O–H groups in total. The van der Waals surface area contributed by atoms with Crippen LogP contribution in [0.4, 0.5) is 0 Å². The minimum atomic E-state index is -1.23. The third kappa shape index (κ3) is 42.4. The van der Waals surface area contributed by atoms with Crippen LogP contribution in [0.3, 0.4) is 0 Å². The van der Waals surface area contributed by atoms with Crippen LogP contribution in [-0.2, 0) is 81.0 Å². The van der Waals surface area contributed by atoms with Crippen molar-refractivity contribution in [3.63, 3.8) is 0 Å². The Morgan fingerprint density at radius 2 is 0.783 bits per heavy atom. The summed E-state index contributed by atoms with van der Waals surface area (Å²) >= 11 is 0. The van der Waals surface area contributed by atoms with Gasteiger partial charge in [0.15, 0.2) is 12.6 Å². The summed E-state index contributed by atoms with van der Waals surface area (Å²) in [5.41, 5.74) is -1.42. The highest BCUT2D eigenvalue weighted by Gasteiger charge is 2.45. The van der Waals surface area contributed by atoms with E-state index in [9.17, 15) is 89.4 Å². The predicted octanol–water partition coefficient (Wildman–Crippen LogP) is 6.08. The number of nitrogens with zero attached hydrogens (tertiary/aromatic N) is 1. The van der Waals surface area contributed by atoms with Gasteiger partial charge in [0, 0.05) is 159 Å². The van der Waals surface area contributed by atoms with Crippen LogP contribution in [0.5, 0.6) is 0 Å². The summed E-state index contributed by atoms with van der Waals surface area (Å²) in [5.74, 6) is -2.05. The van der Waals surface area contributed by atoms with E-state index in [1.807, 2.05) is 27.7 Å². The molecule has 115 heavy (non-hydrogen) atoms. The number of Topliss-reactive ketones (excluding diaryl/α,β-unsaturated/α-hetero) is 5. The average molecular weight is 1650 g/mol. The lowest BCUT2D eigenvalue weighted by Crippen LogP contribution is -2.55. The van der Waals surface area contributed by atoms with Gasteiger partial charge in [-0.1, -0.05) is 72.1 Å². The van der Waals surface area contributed by atoms with E-state index in [1.165, 1.54) is 0 Å². The number of unbranched alkanes of at least 4 members (excludes halogenated alkanes) is 14. The summed E-state index contributed by atoms with van der Waals surface area (Å²) in [6, 6.07) is -0.134. The smallest absolute Gasteiger partial charge is 0.222 e. The monoisotopic (exact) mass is 1650 g/mol. The molecule has 3 amide bonds. The highest BCUT2D eigenvalue weighted by molar-refractivity contribution is 5.81. The summed E-state index contributed by atoms with van der Waals surface area (Å²) in [6.07, 6.45) is 7.91. The van der Waals surface area contributed by atoms with E-state index >= 15 is 0 Å². The summed E-state index contributed by atoms with van der Waals surface area (Å²) in [7, 11) is 0. The van der Waals surface area contributed by atoms with Gasteiger partial charge < -0.3 is 109 Å². The number of hydrogen-bond donors (Lipinski definition) is 12. The van der Waals surface area contributed by atoms with Gasteiger partial charge in [0.05, 0.1) is 108 Å². The Bertz CT molecular complexity index is 2490. The first-order valence-corrected chi connectivity index (χ1v) is 43.6. The maximum absolute atomic E-state index is 14.2. The normalized spacial score (nSPS) is 26.4. The highest BCUT2D eigenvalue weighted by Crippen LogP contribution is 2.34. The standard InChI is InChI=1S/C85H151N3O27/c1-59-70(48-62(52-89)79(104)76(59)101)110-42-24-21-32-64(92)28-16-13-18-30-66(94)37-45-107-56-85(50-68(96)34-15-11-9-7-8-10-12-20-36-75(100)88-51-69(97)49-63(88)55-113-84(4,5)6,57-108-46-38-67(95)31-19-14-17-29-65(93)33-22-25-43-111-82-60(2)77(102)80(105)71(53-90)114-82)58-109-47-39-74(99)87-41-27-40-86-73(98)35-23-26-44-112-83-61(3)78(103)81(106)72(54-91)115-83/h59-63,69-72,76-83,89-91,97,101-106H,7-58H2,1-6H3,(H,86,98)(H,87,99)/t59?,60?,61?,62?,63-,69+,70?,71?,72?,76?,77?,78?,79?,80?,81?,82?,83?,85?/m0/s1. The number of hydrogen-bond acceptors (Lipinski definition) is 27. The fourth-order valence-electron chi connectivity index (χ4n) is 15.1. The van der Waals surface area contributed by atoms with E-state index in [0.29, 0.717) is 168 Å². The zero-order valence-corrected chi connectivity index (χ0v) is 70.4. The topological polar surface area (TPSA) is 449 Å². The van der Waals surface area contributed by atoms with Crippen molar-refractivity contribution in [2.45, 2.75) is 358 Å². The third-order valence-electron chi connectivity index (χ3n) is 22.7. The zero-order chi connectivity index (χ0) is 84.6. The molecule has 3 heterocycles. The van der Waals surface area contributed by atoms with Crippen LogP contribution in [0.15, 0.2) is 0 Å².